The number of rotatable bonds is 2. The van der Waals surface area contributed by atoms with Gasteiger partial charge >= 0.3 is 0 Å². The van der Waals surface area contributed by atoms with E-state index in [0.29, 0.717) is 11.5 Å². The van der Waals surface area contributed by atoms with Crippen molar-refractivity contribution >= 4 is 17.5 Å². The number of anilines is 1. The van der Waals surface area contributed by atoms with E-state index in [9.17, 15) is 4.39 Å². The second-order valence-corrected chi connectivity index (χ2v) is 5.09. The Kier molecular flexibility index (Phi) is 3.78. The molecule has 4 nitrogen and oxygen atoms in total. The quantitative estimate of drug-likeness (QED) is 0.851. The van der Waals surface area contributed by atoms with E-state index in [-0.39, 0.29) is 16.9 Å². The molecule has 2 aromatic rings. The first-order valence-corrected chi connectivity index (χ1v) is 7.03. The molecular formula is C14H14ClFN4. The third-order valence-corrected chi connectivity index (χ3v) is 3.52. The minimum atomic E-state index is -0.362. The van der Waals surface area contributed by atoms with Gasteiger partial charge in [-0.25, -0.2) is 4.39 Å². The van der Waals surface area contributed by atoms with Gasteiger partial charge < -0.3 is 4.90 Å². The number of halogens is 2. The number of benzene rings is 1. The van der Waals surface area contributed by atoms with Gasteiger partial charge in [0.05, 0.1) is 5.56 Å². The van der Waals surface area contributed by atoms with Crippen molar-refractivity contribution in [1.29, 1.82) is 0 Å². The van der Waals surface area contributed by atoms with E-state index < -0.39 is 0 Å². The van der Waals surface area contributed by atoms with Crippen LogP contribution in [0.15, 0.2) is 24.3 Å². The van der Waals surface area contributed by atoms with Crippen LogP contribution in [0.4, 0.5) is 10.3 Å². The average molecular weight is 293 g/mol. The molecule has 1 fully saturated rings. The van der Waals surface area contributed by atoms with Gasteiger partial charge in [-0.05, 0) is 43.0 Å². The maximum atomic E-state index is 13.8. The summed E-state index contributed by atoms with van der Waals surface area (Å²) in [5.41, 5.74) is 0.343. The van der Waals surface area contributed by atoms with Crippen LogP contribution < -0.4 is 4.90 Å². The zero-order chi connectivity index (χ0) is 13.9. The van der Waals surface area contributed by atoms with Crippen LogP contribution >= 0.6 is 11.6 Å². The van der Waals surface area contributed by atoms with E-state index in [1.807, 2.05) is 0 Å². The minimum absolute atomic E-state index is 0.0961. The fraction of sp³-hybridized carbons (Fsp3) is 0.357. The van der Waals surface area contributed by atoms with E-state index in [1.54, 1.807) is 18.2 Å². The number of hydrogen-bond donors (Lipinski definition) is 0. The monoisotopic (exact) mass is 292 g/mol. The van der Waals surface area contributed by atoms with Crippen molar-refractivity contribution in [3.8, 4) is 11.4 Å². The Balaban J connectivity index is 2.00. The van der Waals surface area contributed by atoms with Crippen LogP contribution in [0.2, 0.25) is 5.28 Å². The first-order chi connectivity index (χ1) is 9.74. The SMILES string of the molecule is Fc1ccccc1-c1nc(Cl)nc(N2CCCCC2)n1. The van der Waals surface area contributed by atoms with Crippen molar-refractivity contribution in [2.45, 2.75) is 19.3 Å². The first-order valence-electron chi connectivity index (χ1n) is 6.65. The van der Waals surface area contributed by atoms with E-state index >= 15 is 0 Å². The maximum Gasteiger partial charge on any atom is 0.230 e. The number of piperidine rings is 1. The van der Waals surface area contributed by atoms with Gasteiger partial charge in [-0.2, -0.15) is 15.0 Å². The molecule has 0 amide bonds. The lowest BCUT2D eigenvalue weighted by atomic mass is 10.1. The highest BCUT2D eigenvalue weighted by Gasteiger charge is 2.17. The summed E-state index contributed by atoms with van der Waals surface area (Å²) < 4.78 is 13.8. The molecule has 1 aliphatic rings. The van der Waals surface area contributed by atoms with Crippen LogP contribution in [-0.2, 0) is 0 Å². The third-order valence-electron chi connectivity index (χ3n) is 3.35. The summed E-state index contributed by atoms with van der Waals surface area (Å²) in [5.74, 6) is 0.450. The van der Waals surface area contributed by atoms with Gasteiger partial charge in [0.2, 0.25) is 11.2 Å². The molecule has 1 aromatic heterocycles. The van der Waals surface area contributed by atoms with Crippen LogP contribution in [0.25, 0.3) is 11.4 Å². The zero-order valence-corrected chi connectivity index (χ0v) is 11.6. The van der Waals surface area contributed by atoms with Crippen LogP contribution in [-0.4, -0.2) is 28.0 Å². The van der Waals surface area contributed by atoms with Gasteiger partial charge in [-0.1, -0.05) is 12.1 Å². The Morgan fingerprint density at radius 1 is 1.00 bits per heavy atom. The van der Waals surface area contributed by atoms with Crippen molar-refractivity contribution in [1.82, 2.24) is 15.0 Å². The van der Waals surface area contributed by atoms with Crippen LogP contribution in [0.1, 0.15) is 19.3 Å². The Labute approximate surface area is 121 Å². The highest BCUT2D eigenvalue weighted by Crippen LogP contribution is 2.23. The lowest BCUT2D eigenvalue weighted by molar-refractivity contribution is 0.567. The molecule has 1 saturated heterocycles. The molecule has 2 heterocycles. The lowest BCUT2D eigenvalue weighted by Gasteiger charge is -2.26. The van der Waals surface area contributed by atoms with E-state index in [2.05, 4.69) is 19.9 Å². The van der Waals surface area contributed by atoms with Crippen molar-refractivity contribution in [3.05, 3.63) is 35.4 Å². The summed E-state index contributed by atoms with van der Waals surface area (Å²) in [6.07, 6.45) is 3.44. The normalized spacial score (nSPS) is 15.4. The first kappa shape index (κ1) is 13.2. The zero-order valence-electron chi connectivity index (χ0n) is 10.9. The van der Waals surface area contributed by atoms with E-state index in [4.69, 9.17) is 11.6 Å². The second kappa shape index (κ2) is 5.71. The average Bonchev–Trinajstić information content (AvgIpc) is 2.48. The molecule has 0 bridgehead atoms. The third kappa shape index (κ3) is 2.72. The Morgan fingerprint density at radius 3 is 2.50 bits per heavy atom. The lowest BCUT2D eigenvalue weighted by Crippen LogP contribution is -2.31. The number of aromatic nitrogens is 3. The van der Waals surface area contributed by atoms with Gasteiger partial charge in [-0.15, -0.1) is 0 Å². The maximum absolute atomic E-state index is 13.8. The van der Waals surface area contributed by atoms with Crippen molar-refractivity contribution < 1.29 is 4.39 Å². The standard InChI is InChI=1S/C14H14ClFN4/c15-13-17-12(10-6-2-3-7-11(10)16)18-14(19-13)20-8-4-1-5-9-20/h2-3,6-7H,1,4-5,8-9H2. The molecule has 20 heavy (non-hydrogen) atoms. The van der Waals surface area contributed by atoms with Gasteiger partial charge in [0.1, 0.15) is 5.82 Å². The predicted octanol–water partition coefficient (Wildman–Crippen LogP) is 3.32. The highest BCUT2D eigenvalue weighted by atomic mass is 35.5. The van der Waals surface area contributed by atoms with Crippen LogP contribution in [0, 0.1) is 5.82 Å². The summed E-state index contributed by atoms with van der Waals surface area (Å²) >= 11 is 5.96. The fourth-order valence-electron chi connectivity index (χ4n) is 2.34. The summed E-state index contributed by atoms with van der Waals surface area (Å²) in [7, 11) is 0. The van der Waals surface area contributed by atoms with E-state index in [0.717, 1.165) is 25.9 Å². The molecule has 0 spiro atoms. The van der Waals surface area contributed by atoms with Gasteiger partial charge in [0, 0.05) is 13.1 Å². The summed E-state index contributed by atoms with van der Waals surface area (Å²) in [6.45, 7) is 1.80. The number of hydrogen-bond acceptors (Lipinski definition) is 4. The molecule has 1 aromatic carbocycles. The second-order valence-electron chi connectivity index (χ2n) is 4.76. The van der Waals surface area contributed by atoms with E-state index in [1.165, 1.54) is 12.5 Å². The summed E-state index contributed by atoms with van der Waals surface area (Å²) in [6, 6.07) is 6.40. The smallest absolute Gasteiger partial charge is 0.230 e. The molecule has 0 unspecified atom stereocenters. The Hall–Kier alpha value is -1.75. The molecule has 0 saturated carbocycles. The molecule has 104 valence electrons. The van der Waals surface area contributed by atoms with Gasteiger partial charge in [0.25, 0.3) is 0 Å². The summed E-state index contributed by atoms with van der Waals surface area (Å²) in [4.78, 5) is 14.6. The number of nitrogens with zero attached hydrogens (tertiary/aromatic N) is 4. The topological polar surface area (TPSA) is 41.9 Å². The van der Waals surface area contributed by atoms with Crippen molar-refractivity contribution in [3.63, 3.8) is 0 Å². The molecule has 3 rings (SSSR count). The molecule has 0 aliphatic carbocycles. The largest absolute Gasteiger partial charge is 0.341 e. The minimum Gasteiger partial charge on any atom is -0.341 e. The summed E-state index contributed by atoms with van der Waals surface area (Å²) in [5, 5.41) is 0.0961. The molecule has 0 N–H and O–H groups in total. The molecule has 6 heteroatoms. The Morgan fingerprint density at radius 2 is 1.75 bits per heavy atom. The fourth-order valence-corrected chi connectivity index (χ4v) is 2.49. The predicted molar refractivity (Wildman–Crippen MR) is 76.3 cm³/mol. The molecule has 0 atom stereocenters. The molecule has 1 aliphatic heterocycles. The van der Waals surface area contributed by atoms with Gasteiger partial charge in [0.15, 0.2) is 5.82 Å². The van der Waals surface area contributed by atoms with Crippen molar-refractivity contribution in [2.75, 3.05) is 18.0 Å². The van der Waals surface area contributed by atoms with Crippen LogP contribution in [0.5, 0.6) is 0 Å². The van der Waals surface area contributed by atoms with Crippen LogP contribution in [0.3, 0.4) is 0 Å². The van der Waals surface area contributed by atoms with Gasteiger partial charge in [-0.3, -0.25) is 0 Å². The molecule has 0 radical (unpaired) electrons. The molecular weight excluding hydrogens is 279 g/mol. The highest BCUT2D eigenvalue weighted by molar-refractivity contribution is 6.28. The van der Waals surface area contributed by atoms with Crippen molar-refractivity contribution in [2.24, 2.45) is 0 Å². The Bertz CT molecular complexity index is 614.